The highest BCUT2D eigenvalue weighted by atomic mass is 127. The molecule has 2 N–H and O–H groups in total. The van der Waals surface area contributed by atoms with Crippen molar-refractivity contribution in [3.63, 3.8) is 0 Å². The van der Waals surface area contributed by atoms with E-state index in [1.165, 1.54) is 36.4 Å². The zero-order valence-corrected chi connectivity index (χ0v) is 18.7. The first-order valence-corrected chi connectivity index (χ1v) is 10.4. The van der Waals surface area contributed by atoms with Gasteiger partial charge in [0, 0.05) is 33.7 Å². The van der Waals surface area contributed by atoms with E-state index in [1.54, 1.807) is 21.0 Å². The topological polar surface area (TPSA) is 73.8 Å². The van der Waals surface area contributed by atoms with Gasteiger partial charge in [0.2, 0.25) is 10.0 Å². The Morgan fingerprint density at radius 3 is 2.33 bits per heavy atom. The van der Waals surface area contributed by atoms with Crippen LogP contribution in [0.25, 0.3) is 0 Å². The van der Waals surface area contributed by atoms with E-state index in [4.69, 9.17) is 0 Å². The number of hydrogen-bond acceptors (Lipinski definition) is 3. The standard InChI is InChI=1S/C16H34N4O2S.HI/c1-5-16(10-7-8-11-16)14-19-15(17-3)18-12-9-13-20(4)23(21,22)6-2;/h5-14H2,1-4H3,(H2,17,18,19);1H. The second-order valence-electron chi connectivity index (χ2n) is 6.49. The smallest absolute Gasteiger partial charge is 0.213 e. The zero-order chi connectivity index (χ0) is 17.3. The quantitative estimate of drug-likeness (QED) is 0.233. The lowest BCUT2D eigenvalue weighted by Crippen LogP contribution is -2.43. The minimum atomic E-state index is -3.08. The van der Waals surface area contributed by atoms with Gasteiger partial charge in [0.05, 0.1) is 5.75 Å². The summed E-state index contributed by atoms with van der Waals surface area (Å²) in [5, 5.41) is 6.72. The summed E-state index contributed by atoms with van der Waals surface area (Å²) >= 11 is 0. The molecule has 1 aliphatic rings. The highest BCUT2D eigenvalue weighted by Gasteiger charge is 2.31. The zero-order valence-electron chi connectivity index (χ0n) is 15.6. The van der Waals surface area contributed by atoms with Gasteiger partial charge in [-0.1, -0.05) is 19.8 Å². The molecule has 8 heteroatoms. The predicted molar refractivity (Wildman–Crippen MR) is 113 cm³/mol. The Morgan fingerprint density at radius 1 is 1.21 bits per heavy atom. The molecule has 144 valence electrons. The van der Waals surface area contributed by atoms with Crippen molar-refractivity contribution in [2.75, 3.05) is 39.5 Å². The maximum absolute atomic E-state index is 11.7. The first kappa shape index (κ1) is 23.9. The van der Waals surface area contributed by atoms with Crippen molar-refractivity contribution in [2.45, 2.75) is 52.4 Å². The maximum Gasteiger partial charge on any atom is 0.213 e. The van der Waals surface area contributed by atoms with Gasteiger partial charge in [-0.25, -0.2) is 12.7 Å². The summed E-state index contributed by atoms with van der Waals surface area (Å²) < 4.78 is 24.8. The molecule has 0 bridgehead atoms. The lowest BCUT2D eigenvalue weighted by Gasteiger charge is -2.28. The van der Waals surface area contributed by atoms with Crippen LogP contribution in [-0.2, 0) is 10.0 Å². The number of guanidine groups is 1. The molecule has 24 heavy (non-hydrogen) atoms. The number of halogens is 1. The van der Waals surface area contributed by atoms with Crippen molar-refractivity contribution in [1.82, 2.24) is 14.9 Å². The second kappa shape index (κ2) is 11.5. The Labute approximate surface area is 165 Å². The SMILES string of the molecule is CCC1(CNC(=NC)NCCCN(C)S(=O)(=O)CC)CCCC1.I. The van der Waals surface area contributed by atoms with Gasteiger partial charge in [0.15, 0.2) is 5.96 Å². The van der Waals surface area contributed by atoms with Gasteiger partial charge in [-0.05, 0) is 38.0 Å². The fourth-order valence-electron chi connectivity index (χ4n) is 3.14. The average molecular weight is 474 g/mol. The second-order valence-corrected chi connectivity index (χ2v) is 8.85. The first-order valence-electron chi connectivity index (χ1n) is 8.77. The molecule has 0 aliphatic heterocycles. The van der Waals surface area contributed by atoms with Gasteiger partial charge >= 0.3 is 0 Å². The third-order valence-electron chi connectivity index (χ3n) is 5.05. The van der Waals surface area contributed by atoms with Gasteiger partial charge in [0.25, 0.3) is 0 Å². The van der Waals surface area contributed by atoms with E-state index in [0.29, 0.717) is 18.5 Å². The molecule has 1 fully saturated rings. The van der Waals surface area contributed by atoms with Crippen LogP contribution in [-0.4, -0.2) is 58.2 Å². The molecule has 0 atom stereocenters. The van der Waals surface area contributed by atoms with Crippen LogP contribution in [0.15, 0.2) is 4.99 Å². The fourth-order valence-corrected chi connectivity index (χ4v) is 3.99. The van der Waals surface area contributed by atoms with Gasteiger partial charge in [-0.15, -0.1) is 24.0 Å². The van der Waals surface area contributed by atoms with E-state index >= 15 is 0 Å². The Morgan fingerprint density at radius 2 is 1.83 bits per heavy atom. The fraction of sp³-hybridized carbons (Fsp3) is 0.938. The van der Waals surface area contributed by atoms with Crippen LogP contribution in [0.2, 0.25) is 0 Å². The summed E-state index contributed by atoms with van der Waals surface area (Å²) in [6.45, 7) is 6.14. The molecule has 0 aromatic rings. The van der Waals surface area contributed by atoms with Gasteiger partial charge < -0.3 is 10.6 Å². The van der Waals surface area contributed by atoms with Crippen molar-refractivity contribution in [3.8, 4) is 0 Å². The molecule has 0 spiro atoms. The van der Waals surface area contributed by atoms with E-state index in [1.807, 2.05) is 0 Å². The molecule has 0 aromatic carbocycles. The normalized spacial score (nSPS) is 17.6. The molecule has 1 aliphatic carbocycles. The van der Waals surface area contributed by atoms with E-state index in [9.17, 15) is 8.42 Å². The number of hydrogen-bond donors (Lipinski definition) is 2. The highest BCUT2D eigenvalue weighted by Crippen LogP contribution is 2.40. The number of rotatable bonds is 9. The summed E-state index contributed by atoms with van der Waals surface area (Å²) in [7, 11) is 0.332. The molecular formula is C16H35IN4O2S. The monoisotopic (exact) mass is 474 g/mol. The lowest BCUT2D eigenvalue weighted by atomic mass is 9.83. The van der Waals surface area contributed by atoms with E-state index in [-0.39, 0.29) is 29.7 Å². The van der Waals surface area contributed by atoms with Crippen LogP contribution in [0.5, 0.6) is 0 Å². The highest BCUT2D eigenvalue weighted by molar-refractivity contribution is 14.0. The van der Waals surface area contributed by atoms with Crippen LogP contribution in [0.3, 0.4) is 0 Å². The molecule has 1 saturated carbocycles. The molecule has 0 aromatic heterocycles. The van der Waals surface area contributed by atoms with E-state index < -0.39 is 10.0 Å². The van der Waals surface area contributed by atoms with Crippen molar-refractivity contribution >= 4 is 40.0 Å². The Balaban J connectivity index is 0.00000529. The van der Waals surface area contributed by atoms with Crippen molar-refractivity contribution < 1.29 is 8.42 Å². The summed E-state index contributed by atoms with van der Waals surface area (Å²) in [4.78, 5) is 4.26. The van der Waals surface area contributed by atoms with Crippen LogP contribution in [0.4, 0.5) is 0 Å². The van der Waals surface area contributed by atoms with Crippen molar-refractivity contribution in [2.24, 2.45) is 10.4 Å². The Kier molecular flexibility index (Phi) is 11.5. The van der Waals surface area contributed by atoms with Crippen LogP contribution >= 0.6 is 24.0 Å². The molecule has 6 nitrogen and oxygen atoms in total. The predicted octanol–water partition coefficient (Wildman–Crippen LogP) is 2.41. The Bertz CT molecular complexity index is 476. The minimum absolute atomic E-state index is 0. The van der Waals surface area contributed by atoms with Crippen LogP contribution in [0.1, 0.15) is 52.4 Å². The average Bonchev–Trinajstić information content (AvgIpc) is 3.03. The summed E-state index contributed by atoms with van der Waals surface area (Å²) in [5.74, 6) is 0.963. The third kappa shape index (κ3) is 7.43. The minimum Gasteiger partial charge on any atom is -0.356 e. The molecule has 0 heterocycles. The first-order chi connectivity index (χ1) is 10.9. The molecule has 0 radical (unpaired) electrons. The van der Waals surface area contributed by atoms with Gasteiger partial charge in [-0.3, -0.25) is 4.99 Å². The largest absolute Gasteiger partial charge is 0.356 e. The molecule has 0 amide bonds. The number of nitrogens with one attached hydrogen (secondary N) is 2. The lowest BCUT2D eigenvalue weighted by molar-refractivity contribution is 0.283. The number of nitrogens with zero attached hydrogens (tertiary/aromatic N) is 2. The third-order valence-corrected chi connectivity index (χ3v) is 6.91. The van der Waals surface area contributed by atoms with E-state index in [2.05, 4.69) is 22.5 Å². The Hall–Kier alpha value is -0.0900. The van der Waals surface area contributed by atoms with Crippen LogP contribution in [0, 0.1) is 5.41 Å². The molecule has 1 rings (SSSR count). The molecule has 0 saturated heterocycles. The number of aliphatic imine (C=N–C) groups is 1. The van der Waals surface area contributed by atoms with Crippen molar-refractivity contribution in [1.29, 1.82) is 0 Å². The molecular weight excluding hydrogens is 439 g/mol. The molecule has 0 unspecified atom stereocenters. The van der Waals surface area contributed by atoms with Gasteiger partial charge in [0.1, 0.15) is 0 Å². The maximum atomic E-state index is 11.7. The van der Waals surface area contributed by atoms with Crippen molar-refractivity contribution in [3.05, 3.63) is 0 Å². The summed E-state index contributed by atoms with van der Waals surface area (Å²) in [5.41, 5.74) is 0.424. The van der Waals surface area contributed by atoms with Crippen LogP contribution < -0.4 is 10.6 Å². The van der Waals surface area contributed by atoms with Gasteiger partial charge in [-0.2, -0.15) is 0 Å². The van der Waals surface area contributed by atoms with E-state index in [0.717, 1.165) is 18.9 Å². The summed E-state index contributed by atoms with van der Waals surface area (Å²) in [6, 6.07) is 0. The number of sulfonamides is 1. The summed E-state index contributed by atoms with van der Waals surface area (Å²) in [6.07, 6.45) is 7.23.